The number of urea groups is 1. The average molecular weight is 341 g/mol. The first-order chi connectivity index (χ1) is 12.0. The normalized spacial score (nSPS) is 12.3. The number of amides is 2. The van der Waals surface area contributed by atoms with E-state index >= 15 is 0 Å². The summed E-state index contributed by atoms with van der Waals surface area (Å²) in [5.41, 5.74) is 1.56. The first-order valence-corrected chi connectivity index (χ1v) is 8.13. The smallest absolute Gasteiger partial charge is 0.315 e. The van der Waals surface area contributed by atoms with Crippen molar-refractivity contribution in [3.05, 3.63) is 65.9 Å². The highest BCUT2D eigenvalue weighted by Gasteiger charge is 2.23. The van der Waals surface area contributed by atoms with Crippen molar-refractivity contribution in [2.75, 3.05) is 0 Å². The molecule has 1 atom stereocenters. The van der Waals surface area contributed by atoms with Gasteiger partial charge in [-0.05, 0) is 35.7 Å². The van der Waals surface area contributed by atoms with Crippen molar-refractivity contribution in [1.29, 1.82) is 0 Å². The van der Waals surface area contributed by atoms with Crippen molar-refractivity contribution in [3.8, 4) is 0 Å². The highest BCUT2D eigenvalue weighted by Crippen LogP contribution is 2.20. The average Bonchev–Trinajstić information content (AvgIpc) is 3.03. The molecule has 0 aliphatic heterocycles. The summed E-state index contributed by atoms with van der Waals surface area (Å²) in [4.78, 5) is 12.3. The van der Waals surface area contributed by atoms with E-state index in [2.05, 4.69) is 20.8 Å². The van der Waals surface area contributed by atoms with E-state index in [1.165, 1.54) is 12.1 Å². The van der Waals surface area contributed by atoms with Crippen molar-refractivity contribution in [2.24, 2.45) is 5.92 Å². The SMILES string of the molecule is CC(C)[C@@H](NC(=O)NCc1ccc(F)cc1)c1nnc2ccccn12. The molecule has 0 bridgehead atoms. The zero-order chi connectivity index (χ0) is 17.8. The molecule has 25 heavy (non-hydrogen) atoms. The number of fused-ring (bicyclic) bond motifs is 1. The topological polar surface area (TPSA) is 71.3 Å². The van der Waals surface area contributed by atoms with Crippen molar-refractivity contribution in [1.82, 2.24) is 25.2 Å². The number of nitrogens with one attached hydrogen (secondary N) is 2. The molecule has 0 aliphatic carbocycles. The van der Waals surface area contributed by atoms with Crippen molar-refractivity contribution < 1.29 is 9.18 Å². The van der Waals surface area contributed by atoms with Crippen molar-refractivity contribution in [2.45, 2.75) is 26.4 Å². The van der Waals surface area contributed by atoms with Gasteiger partial charge in [0.15, 0.2) is 11.5 Å². The molecule has 7 heteroatoms. The molecule has 0 saturated carbocycles. The van der Waals surface area contributed by atoms with E-state index in [1.54, 1.807) is 12.1 Å². The molecule has 2 N–H and O–H groups in total. The minimum Gasteiger partial charge on any atom is -0.334 e. The summed E-state index contributed by atoms with van der Waals surface area (Å²) in [6.07, 6.45) is 1.87. The van der Waals surface area contributed by atoms with Crippen LogP contribution in [0.25, 0.3) is 5.65 Å². The summed E-state index contributed by atoms with van der Waals surface area (Å²) in [7, 11) is 0. The summed E-state index contributed by atoms with van der Waals surface area (Å²) in [5, 5.41) is 14.1. The van der Waals surface area contributed by atoms with Gasteiger partial charge >= 0.3 is 6.03 Å². The summed E-state index contributed by atoms with van der Waals surface area (Å²) >= 11 is 0. The number of hydrogen-bond acceptors (Lipinski definition) is 3. The number of halogens is 1. The molecule has 0 spiro atoms. The van der Waals surface area contributed by atoms with Crippen LogP contribution in [0, 0.1) is 11.7 Å². The van der Waals surface area contributed by atoms with E-state index < -0.39 is 0 Å². The zero-order valence-corrected chi connectivity index (χ0v) is 14.1. The Morgan fingerprint density at radius 3 is 2.64 bits per heavy atom. The Hall–Kier alpha value is -2.96. The number of pyridine rings is 1. The number of nitrogens with zero attached hydrogens (tertiary/aromatic N) is 3. The van der Waals surface area contributed by atoms with Gasteiger partial charge < -0.3 is 10.6 Å². The number of carbonyl (C=O) groups is 1. The van der Waals surface area contributed by atoms with Crippen LogP contribution in [-0.2, 0) is 6.54 Å². The second kappa shape index (κ2) is 7.29. The van der Waals surface area contributed by atoms with Crippen LogP contribution in [0.1, 0.15) is 31.3 Å². The van der Waals surface area contributed by atoms with Gasteiger partial charge in [-0.2, -0.15) is 0 Å². The fourth-order valence-electron chi connectivity index (χ4n) is 2.58. The molecule has 2 heterocycles. The number of carbonyl (C=O) groups excluding carboxylic acids is 1. The zero-order valence-electron chi connectivity index (χ0n) is 14.1. The molecule has 3 rings (SSSR count). The van der Waals surface area contributed by atoms with E-state index in [1.807, 2.05) is 42.6 Å². The fourth-order valence-corrected chi connectivity index (χ4v) is 2.58. The lowest BCUT2D eigenvalue weighted by Crippen LogP contribution is -2.40. The van der Waals surface area contributed by atoms with Gasteiger partial charge in [-0.3, -0.25) is 4.40 Å². The molecular formula is C18H20FN5O. The minimum absolute atomic E-state index is 0.129. The van der Waals surface area contributed by atoms with Crippen LogP contribution in [0.2, 0.25) is 0 Å². The third kappa shape index (κ3) is 3.93. The standard InChI is InChI=1S/C18H20FN5O/c1-12(2)16(17-23-22-15-5-3-4-10-24(15)17)21-18(25)20-11-13-6-8-14(19)9-7-13/h3-10,12,16H,11H2,1-2H3,(H2,20,21,25)/t16-/m1/s1. The lowest BCUT2D eigenvalue weighted by atomic mass is 10.0. The molecule has 1 aromatic carbocycles. The highest BCUT2D eigenvalue weighted by molar-refractivity contribution is 5.74. The van der Waals surface area contributed by atoms with Gasteiger partial charge in [0, 0.05) is 12.7 Å². The van der Waals surface area contributed by atoms with Gasteiger partial charge in [0.05, 0.1) is 6.04 Å². The van der Waals surface area contributed by atoms with Crippen molar-refractivity contribution >= 4 is 11.7 Å². The van der Waals surface area contributed by atoms with Gasteiger partial charge in [0.1, 0.15) is 5.82 Å². The van der Waals surface area contributed by atoms with E-state index in [0.717, 1.165) is 11.2 Å². The van der Waals surface area contributed by atoms with Crippen molar-refractivity contribution in [3.63, 3.8) is 0 Å². The Morgan fingerprint density at radius 1 is 1.16 bits per heavy atom. The van der Waals surface area contributed by atoms with Gasteiger partial charge in [-0.15, -0.1) is 10.2 Å². The van der Waals surface area contributed by atoms with E-state index in [0.29, 0.717) is 12.4 Å². The third-order valence-corrected chi connectivity index (χ3v) is 3.94. The lowest BCUT2D eigenvalue weighted by molar-refractivity contribution is 0.231. The molecule has 0 radical (unpaired) electrons. The fraction of sp³-hybridized carbons (Fsp3) is 0.278. The van der Waals surface area contributed by atoms with E-state index in [9.17, 15) is 9.18 Å². The maximum atomic E-state index is 12.9. The van der Waals surface area contributed by atoms with Gasteiger partial charge in [-0.25, -0.2) is 9.18 Å². The maximum Gasteiger partial charge on any atom is 0.315 e. The molecule has 0 saturated heterocycles. The van der Waals surface area contributed by atoms with Crippen LogP contribution >= 0.6 is 0 Å². The van der Waals surface area contributed by atoms with Gasteiger partial charge in [0.2, 0.25) is 0 Å². The number of aromatic nitrogens is 3. The minimum atomic E-state index is -0.310. The monoisotopic (exact) mass is 341 g/mol. The summed E-state index contributed by atoms with van der Waals surface area (Å²) in [6, 6.07) is 11.1. The van der Waals surface area contributed by atoms with Crippen LogP contribution in [0.3, 0.4) is 0 Å². The van der Waals surface area contributed by atoms with Crippen LogP contribution in [-0.4, -0.2) is 20.6 Å². The second-order valence-electron chi connectivity index (χ2n) is 6.16. The summed E-state index contributed by atoms with van der Waals surface area (Å²) < 4.78 is 14.8. The first-order valence-electron chi connectivity index (χ1n) is 8.13. The maximum absolute atomic E-state index is 12.9. The van der Waals surface area contributed by atoms with E-state index in [-0.39, 0.29) is 23.8 Å². The lowest BCUT2D eigenvalue weighted by Gasteiger charge is -2.21. The molecule has 0 fully saturated rings. The Morgan fingerprint density at radius 2 is 1.92 bits per heavy atom. The van der Waals surface area contributed by atoms with Crippen LogP contribution in [0.4, 0.5) is 9.18 Å². The molecule has 130 valence electrons. The first kappa shape index (κ1) is 16.9. The van der Waals surface area contributed by atoms with Crippen LogP contribution in [0.15, 0.2) is 48.7 Å². The number of benzene rings is 1. The summed E-state index contributed by atoms with van der Waals surface area (Å²) in [5.74, 6) is 0.512. The van der Waals surface area contributed by atoms with Crippen LogP contribution < -0.4 is 10.6 Å². The molecule has 0 aliphatic rings. The molecule has 6 nitrogen and oxygen atoms in total. The number of hydrogen-bond donors (Lipinski definition) is 2. The second-order valence-corrected chi connectivity index (χ2v) is 6.16. The quantitative estimate of drug-likeness (QED) is 0.749. The third-order valence-electron chi connectivity index (χ3n) is 3.94. The van der Waals surface area contributed by atoms with E-state index in [4.69, 9.17) is 0 Å². The van der Waals surface area contributed by atoms with Gasteiger partial charge in [0.25, 0.3) is 0 Å². The molecular weight excluding hydrogens is 321 g/mol. The molecule has 0 unspecified atom stereocenters. The molecule has 2 amide bonds. The Labute approximate surface area is 145 Å². The highest BCUT2D eigenvalue weighted by atomic mass is 19.1. The molecule has 2 aromatic heterocycles. The molecule has 3 aromatic rings. The Kier molecular flexibility index (Phi) is 4.92. The largest absolute Gasteiger partial charge is 0.334 e. The Bertz CT molecular complexity index is 859. The summed E-state index contributed by atoms with van der Waals surface area (Å²) in [6.45, 7) is 4.33. The van der Waals surface area contributed by atoms with Crippen LogP contribution in [0.5, 0.6) is 0 Å². The predicted octanol–water partition coefficient (Wildman–Crippen LogP) is 3.06. The predicted molar refractivity (Wildman–Crippen MR) is 92.3 cm³/mol. The van der Waals surface area contributed by atoms with Gasteiger partial charge in [-0.1, -0.05) is 32.0 Å². The number of rotatable bonds is 5. The Balaban J connectivity index is 1.69.